The predicted octanol–water partition coefficient (Wildman–Crippen LogP) is 3.42. The Kier molecular flexibility index (Phi) is 6.45. The lowest BCUT2D eigenvalue weighted by atomic mass is 10.1. The normalized spacial score (nSPS) is 16.1. The predicted molar refractivity (Wildman–Crippen MR) is 117 cm³/mol. The number of rotatable bonds is 4. The van der Waals surface area contributed by atoms with E-state index >= 15 is 0 Å². The summed E-state index contributed by atoms with van der Waals surface area (Å²) in [5, 5.41) is 1.46. The molecule has 1 heterocycles. The van der Waals surface area contributed by atoms with Gasteiger partial charge in [-0.25, -0.2) is 9.91 Å². The highest BCUT2D eigenvalue weighted by atomic mass is 35.5. The topological polar surface area (TPSA) is 86.8 Å². The second kappa shape index (κ2) is 8.89. The van der Waals surface area contributed by atoms with E-state index < -0.39 is 35.6 Å². The molecule has 7 nitrogen and oxygen atoms in total. The fourth-order valence-electron chi connectivity index (χ4n) is 3.51. The minimum absolute atomic E-state index is 0.217. The van der Waals surface area contributed by atoms with Crippen LogP contribution in [0.2, 0.25) is 5.02 Å². The molecule has 8 heteroatoms. The van der Waals surface area contributed by atoms with Crippen molar-refractivity contribution in [2.75, 3.05) is 4.90 Å². The summed E-state index contributed by atoms with van der Waals surface area (Å²) in [4.78, 5) is 52.6. The average molecular weight is 442 g/mol. The molecule has 4 amide bonds. The molecular formula is C23H24ClN3O4. The zero-order chi connectivity index (χ0) is 22.9. The van der Waals surface area contributed by atoms with Gasteiger partial charge in [-0.05, 0) is 61.4 Å². The van der Waals surface area contributed by atoms with Crippen molar-refractivity contribution < 1.29 is 19.2 Å². The van der Waals surface area contributed by atoms with Crippen molar-refractivity contribution in [1.29, 1.82) is 0 Å². The number of benzene rings is 2. The highest BCUT2D eigenvalue weighted by molar-refractivity contribution is 6.30. The van der Waals surface area contributed by atoms with E-state index in [1.165, 1.54) is 12.1 Å². The lowest BCUT2D eigenvalue weighted by Gasteiger charge is -2.29. The molecule has 1 saturated heterocycles. The van der Waals surface area contributed by atoms with Crippen LogP contribution in [0.15, 0.2) is 42.5 Å². The number of aryl methyl sites for hydroxylation is 2. The van der Waals surface area contributed by atoms with Gasteiger partial charge in [0.05, 0.1) is 12.1 Å². The number of hydrogen-bond donors (Lipinski definition) is 1. The van der Waals surface area contributed by atoms with E-state index in [0.717, 1.165) is 21.0 Å². The number of nitrogens with zero attached hydrogens (tertiary/aromatic N) is 2. The van der Waals surface area contributed by atoms with Crippen molar-refractivity contribution in [2.45, 2.75) is 40.2 Å². The first-order chi connectivity index (χ1) is 14.6. The number of halogens is 1. The number of carbonyl (C=O) groups is 4. The summed E-state index contributed by atoms with van der Waals surface area (Å²) in [5.41, 5.74) is 5.07. The molecule has 162 valence electrons. The van der Waals surface area contributed by atoms with E-state index in [0.29, 0.717) is 10.7 Å². The Bertz CT molecular complexity index is 1030. The number of anilines is 1. The van der Waals surface area contributed by atoms with E-state index in [-0.39, 0.29) is 12.0 Å². The molecule has 31 heavy (non-hydrogen) atoms. The van der Waals surface area contributed by atoms with Gasteiger partial charge in [-0.3, -0.25) is 24.6 Å². The molecule has 1 aliphatic heterocycles. The molecule has 1 atom stereocenters. The van der Waals surface area contributed by atoms with Crippen LogP contribution in [0.3, 0.4) is 0 Å². The van der Waals surface area contributed by atoms with Crippen molar-refractivity contribution in [3.8, 4) is 0 Å². The lowest BCUT2D eigenvalue weighted by molar-refractivity contribution is -0.143. The lowest BCUT2D eigenvalue weighted by Crippen LogP contribution is -2.55. The Hall–Kier alpha value is -3.19. The number of nitrogens with one attached hydrogen (secondary N) is 1. The molecule has 0 unspecified atom stereocenters. The van der Waals surface area contributed by atoms with Crippen molar-refractivity contribution in [3.63, 3.8) is 0 Å². The molecule has 1 fully saturated rings. The quantitative estimate of drug-likeness (QED) is 0.581. The first kappa shape index (κ1) is 22.5. The summed E-state index contributed by atoms with van der Waals surface area (Å²) in [6.45, 7) is 7.07. The number of carbonyl (C=O) groups excluding carboxylic acids is 4. The van der Waals surface area contributed by atoms with Gasteiger partial charge in [-0.1, -0.05) is 31.5 Å². The van der Waals surface area contributed by atoms with Gasteiger partial charge < -0.3 is 0 Å². The van der Waals surface area contributed by atoms with Crippen molar-refractivity contribution in [2.24, 2.45) is 5.92 Å². The maximum absolute atomic E-state index is 13.2. The summed E-state index contributed by atoms with van der Waals surface area (Å²) < 4.78 is 0. The maximum atomic E-state index is 13.2. The molecule has 0 radical (unpaired) electrons. The highest BCUT2D eigenvalue weighted by Gasteiger charge is 2.45. The Labute approximate surface area is 185 Å². The van der Waals surface area contributed by atoms with Crippen molar-refractivity contribution in [1.82, 2.24) is 10.4 Å². The Balaban J connectivity index is 1.91. The maximum Gasteiger partial charge on any atom is 0.269 e. The third-order valence-corrected chi connectivity index (χ3v) is 5.21. The van der Waals surface area contributed by atoms with Crippen molar-refractivity contribution >= 4 is 40.9 Å². The Morgan fingerprint density at radius 2 is 1.65 bits per heavy atom. The summed E-state index contributed by atoms with van der Waals surface area (Å²) in [6, 6.07) is 10.4. The zero-order valence-corrected chi connectivity index (χ0v) is 18.6. The summed E-state index contributed by atoms with van der Waals surface area (Å²) in [7, 11) is 0. The van der Waals surface area contributed by atoms with Gasteiger partial charge in [-0.2, -0.15) is 0 Å². The standard InChI is InChI=1S/C23H24ClN3O4/c1-13(2)22(30)27(25-21(29)16-5-7-17(24)8-6-16)19-12-20(28)26(23(19)31)18-10-14(3)9-15(4)11-18/h5-11,13,19H,12H2,1-4H3,(H,25,29)/t19-/m1/s1. The van der Waals surface area contributed by atoms with Crippen LogP contribution < -0.4 is 10.3 Å². The smallest absolute Gasteiger partial charge is 0.269 e. The molecule has 2 aromatic rings. The van der Waals surface area contributed by atoms with Crippen LogP contribution >= 0.6 is 11.6 Å². The fraction of sp³-hybridized carbons (Fsp3) is 0.304. The molecule has 0 bridgehead atoms. The molecule has 2 aromatic carbocycles. The summed E-state index contributed by atoms with van der Waals surface area (Å²) >= 11 is 5.87. The highest BCUT2D eigenvalue weighted by Crippen LogP contribution is 2.27. The zero-order valence-electron chi connectivity index (χ0n) is 17.8. The van der Waals surface area contributed by atoms with E-state index in [9.17, 15) is 19.2 Å². The molecule has 3 rings (SSSR count). The van der Waals surface area contributed by atoms with E-state index in [1.54, 1.807) is 38.1 Å². The minimum atomic E-state index is -1.13. The molecule has 0 spiro atoms. The number of hydrogen-bond acceptors (Lipinski definition) is 4. The van der Waals surface area contributed by atoms with Gasteiger partial charge >= 0.3 is 0 Å². The monoisotopic (exact) mass is 441 g/mol. The minimum Gasteiger partial charge on any atom is -0.274 e. The Morgan fingerprint density at radius 1 is 1.06 bits per heavy atom. The second-order valence-electron chi connectivity index (χ2n) is 7.94. The number of amides is 4. The van der Waals surface area contributed by atoms with Crippen LogP contribution in [0.5, 0.6) is 0 Å². The van der Waals surface area contributed by atoms with Crippen LogP contribution in [0, 0.1) is 19.8 Å². The molecule has 0 aromatic heterocycles. The van der Waals surface area contributed by atoms with Gasteiger partial charge in [0.25, 0.3) is 11.8 Å². The largest absolute Gasteiger partial charge is 0.274 e. The number of imide groups is 1. The molecule has 0 aliphatic carbocycles. The van der Waals surface area contributed by atoms with Crippen LogP contribution in [0.25, 0.3) is 0 Å². The van der Waals surface area contributed by atoms with E-state index in [4.69, 9.17) is 11.6 Å². The van der Waals surface area contributed by atoms with Gasteiger partial charge in [0.1, 0.15) is 6.04 Å². The summed E-state index contributed by atoms with van der Waals surface area (Å²) in [6.07, 6.45) is -0.217. The average Bonchev–Trinajstić information content (AvgIpc) is 2.99. The van der Waals surface area contributed by atoms with E-state index in [1.807, 2.05) is 19.9 Å². The van der Waals surface area contributed by atoms with Gasteiger partial charge in [0, 0.05) is 16.5 Å². The van der Waals surface area contributed by atoms with Crippen LogP contribution in [0.4, 0.5) is 5.69 Å². The molecule has 1 N–H and O–H groups in total. The Morgan fingerprint density at radius 3 is 2.19 bits per heavy atom. The van der Waals surface area contributed by atoms with E-state index in [2.05, 4.69) is 5.43 Å². The van der Waals surface area contributed by atoms with Crippen LogP contribution in [-0.4, -0.2) is 34.7 Å². The third kappa shape index (κ3) is 4.77. The first-order valence-corrected chi connectivity index (χ1v) is 10.3. The van der Waals surface area contributed by atoms with Crippen LogP contribution in [0.1, 0.15) is 41.8 Å². The van der Waals surface area contributed by atoms with Crippen molar-refractivity contribution in [3.05, 3.63) is 64.2 Å². The SMILES string of the molecule is Cc1cc(C)cc(N2C(=O)C[C@@H](N(NC(=O)c3ccc(Cl)cc3)C(=O)C(C)C)C2=O)c1. The first-order valence-electron chi connectivity index (χ1n) is 9.93. The second-order valence-corrected chi connectivity index (χ2v) is 8.38. The third-order valence-electron chi connectivity index (χ3n) is 4.96. The molecule has 1 aliphatic rings. The number of hydrazine groups is 1. The molecule has 0 saturated carbocycles. The molecular weight excluding hydrogens is 418 g/mol. The fourth-order valence-corrected chi connectivity index (χ4v) is 3.63. The van der Waals surface area contributed by atoms with Crippen LogP contribution in [-0.2, 0) is 14.4 Å². The van der Waals surface area contributed by atoms with Gasteiger partial charge in [0.2, 0.25) is 11.8 Å². The van der Waals surface area contributed by atoms with Gasteiger partial charge in [-0.15, -0.1) is 0 Å². The van der Waals surface area contributed by atoms with Gasteiger partial charge in [0.15, 0.2) is 0 Å². The summed E-state index contributed by atoms with van der Waals surface area (Å²) in [5.74, 6) is -2.52.